The molecule has 8 heteroatoms. The van der Waals surface area contributed by atoms with Crippen LogP contribution in [0.25, 0.3) is 0 Å². The topological polar surface area (TPSA) is 80.4 Å². The van der Waals surface area contributed by atoms with E-state index < -0.39 is 10.0 Å². The van der Waals surface area contributed by atoms with Crippen LogP contribution in [-0.4, -0.2) is 42.4 Å². The second kappa shape index (κ2) is 6.23. The van der Waals surface area contributed by atoms with Crippen LogP contribution >= 0.6 is 0 Å². The first-order chi connectivity index (χ1) is 10.5. The average molecular weight is 324 g/mol. The Kier molecular flexibility index (Phi) is 4.32. The lowest BCUT2D eigenvalue weighted by Crippen LogP contribution is -2.38. The standard InChI is InChI=1S/C14H20N4O3S/c1-22(19,20)16-6-3-14-10-17(8-12-4-7-21-11-12)9-13-2-5-15-18(13)14/h2,4-5,7,11,14,16H,3,6,8-10H2,1H3. The molecule has 0 fully saturated rings. The van der Waals surface area contributed by atoms with Crippen LogP contribution < -0.4 is 4.72 Å². The van der Waals surface area contributed by atoms with Gasteiger partial charge in [0.1, 0.15) is 0 Å². The van der Waals surface area contributed by atoms with Crippen molar-refractivity contribution in [3.8, 4) is 0 Å². The van der Waals surface area contributed by atoms with E-state index >= 15 is 0 Å². The third kappa shape index (κ3) is 3.76. The summed E-state index contributed by atoms with van der Waals surface area (Å²) in [6.07, 6.45) is 7.12. The van der Waals surface area contributed by atoms with Crippen LogP contribution in [0, 0.1) is 0 Å². The summed E-state index contributed by atoms with van der Waals surface area (Å²) >= 11 is 0. The highest BCUT2D eigenvalue weighted by molar-refractivity contribution is 7.88. The number of furan rings is 1. The molecule has 1 unspecified atom stereocenters. The van der Waals surface area contributed by atoms with Gasteiger partial charge in [-0.2, -0.15) is 5.10 Å². The van der Waals surface area contributed by atoms with Crippen LogP contribution in [0.4, 0.5) is 0 Å². The molecule has 0 spiro atoms. The van der Waals surface area contributed by atoms with Gasteiger partial charge in [-0.3, -0.25) is 9.58 Å². The van der Waals surface area contributed by atoms with Crippen molar-refractivity contribution in [2.45, 2.75) is 25.6 Å². The zero-order valence-corrected chi connectivity index (χ0v) is 13.3. The summed E-state index contributed by atoms with van der Waals surface area (Å²) < 4.78 is 32.1. The fourth-order valence-electron chi connectivity index (χ4n) is 2.85. The molecular weight excluding hydrogens is 304 g/mol. The summed E-state index contributed by atoms with van der Waals surface area (Å²) in [5.74, 6) is 0. The number of hydrogen-bond acceptors (Lipinski definition) is 5. The maximum Gasteiger partial charge on any atom is 0.208 e. The van der Waals surface area contributed by atoms with Crippen LogP contribution in [0.2, 0.25) is 0 Å². The fraction of sp³-hybridized carbons (Fsp3) is 0.500. The van der Waals surface area contributed by atoms with Crippen LogP contribution in [0.15, 0.2) is 35.3 Å². The molecule has 22 heavy (non-hydrogen) atoms. The highest BCUT2D eigenvalue weighted by atomic mass is 32.2. The number of rotatable bonds is 6. The number of nitrogens with one attached hydrogen (secondary N) is 1. The van der Waals surface area contributed by atoms with Gasteiger partial charge >= 0.3 is 0 Å². The second-order valence-electron chi connectivity index (χ2n) is 5.68. The molecule has 0 saturated carbocycles. The summed E-state index contributed by atoms with van der Waals surface area (Å²) in [5.41, 5.74) is 2.29. The zero-order chi connectivity index (χ0) is 15.6. The van der Waals surface area contributed by atoms with Crippen LogP contribution in [0.3, 0.4) is 0 Å². The van der Waals surface area contributed by atoms with Crippen molar-refractivity contribution < 1.29 is 12.8 Å². The van der Waals surface area contributed by atoms with E-state index in [1.165, 1.54) is 6.26 Å². The Morgan fingerprint density at radius 2 is 2.32 bits per heavy atom. The molecule has 1 N–H and O–H groups in total. The molecular formula is C14H20N4O3S. The van der Waals surface area contributed by atoms with Crippen molar-refractivity contribution in [2.24, 2.45) is 0 Å². The molecule has 1 aliphatic heterocycles. The minimum absolute atomic E-state index is 0.167. The van der Waals surface area contributed by atoms with E-state index in [2.05, 4.69) is 14.7 Å². The molecule has 1 atom stereocenters. The first-order valence-corrected chi connectivity index (χ1v) is 9.11. The van der Waals surface area contributed by atoms with Gasteiger partial charge in [0.05, 0.1) is 30.5 Å². The number of fused-ring (bicyclic) bond motifs is 1. The molecule has 0 saturated heterocycles. The van der Waals surface area contributed by atoms with Crippen molar-refractivity contribution in [1.29, 1.82) is 0 Å². The molecule has 2 aromatic rings. The Bertz CT molecular complexity index is 708. The normalized spacial score (nSPS) is 19.2. The number of hydrogen-bond donors (Lipinski definition) is 1. The molecule has 0 aromatic carbocycles. The molecule has 3 heterocycles. The Balaban J connectivity index is 1.66. The highest BCUT2D eigenvalue weighted by Crippen LogP contribution is 2.24. The van der Waals surface area contributed by atoms with Gasteiger partial charge < -0.3 is 4.42 Å². The first-order valence-electron chi connectivity index (χ1n) is 7.22. The quantitative estimate of drug-likeness (QED) is 0.856. The van der Waals surface area contributed by atoms with Crippen LogP contribution in [-0.2, 0) is 23.1 Å². The van der Waals surface area contributed by atoms with Crippen molar-refractivity contribution >= 4 is 10.0 Å². The van der Waals surface area contributed by atoms with Crippen molar-refractivity contribution in [1.82, 2.24) is 19.4 Å². The summed E-state index contributed by atoms with van der Waals surface area (Å²) in [5, 5.41) is 4.38. The maximum atomic E-state index is 11.2. The molecule has 2 aromatic heterocycles. The fourth-order valence-corrected chi connectivity index (χ4v) is 3.34. The minimum atomic E-state index is -3.15. The van der Waals surface area contributed by atoms with Crippen molar-refractivity contribution in [3.63, 3.8) is 0 Å². The Labute approximate surface area is 130 Å². The second-order valence-corrected chi connectivity index (χ2v) is 7.51. The number of sulfonamides is 1. The number of aromatic nitrogens is 2. The van der Waals surface area contributed by atoms with Crippen LogP contribution in [0.1, 0.15) is 23.7 Å². The maximum absolute atomic E-state index is 11.2. The Morgan fingerprint density at radius 1 is 1.45 bits per heavy atom. The molecule has 3 rings (SSSR count). The minimum Gasteiger partial charge on any atom is -0.472 e. The summed E-state index contributed by atoms with van der Waals surface area (Å²) in [4.78, 5) is 2.33. The van der Waals surface area contributed by atoms with E-state index in [0.717, 1.165) is 30.9 Å². The van der Waals surface area contributed by atoms with Gasteiger partial charge in [0.2, 0.25) is 10.0 Å². The van der Waals surface area contributed by atoms with E-state index in [1.54, 1.807) is 18.7 Å². The molecule has 0 radical (unpaired) electrons. The molecule has 7 nitrogen and oxygen atoms in total. The van der Waals surface area contributed by atoms with Gasteiger partial charge in [-0.1, -0.05) is 0 Å². The van der Waals surface area contributed by atoms with Gasteiger partial charge in [0.25, 0.3) is 0 Å². The Morgan fingerprint density at radius 3 is 3.05 bits per heavy atom. The van der Waals surface area contributed by atoms with E-state index in [4.69, 9.17) is 4.42 Å². The van der Waals surface area contributed by atoms with Crippen LogP contribution in [0.5, 0.6) is 0 Å². The molecule has 120 valence electrons. The molecule has 0 aliphatic carbocycles. The van der Waals surface area contributed by atoms with Gasteiger partial charge in [-0.05, 0) is 18.6 Å². The first kappa shape index (κ1) is 15.3. The summed E-state index contributed by atoms with van der Waals surface area (Å²) in [6, 6.07) is 4.14. The van der Waals surface area contributed by atoms with Gasteiger partial charge in [0, 0.05) is 37.9 Å². The summed E-state index contributed by atoms with van der Waals surface area (Å²) in [7, 11) is -3.15. The number of nitrogens with zero attached hydrogens (tertiary/aromatic N) is 3. The molecule has 0 amide bonds. The van der Waals surface area contributed by atoms with Gasteiger partial charge in [0.15, 0.2) is 0 Å². The van der Waals surface area contributed by atoms with Crippen molar-refractivity contribution in [2.75, 3.05) is 19.3 Å². The molecule has 1 aliphatic rings. The molecule has 0 bridgehead atoms. The average Bonchev–Trinajstić information content (AvgIpc) is 3.08. The lowest BCUT2D eigenvalue weighted by Gasteiger charge is -2.33. The van der Waals surface area contributed by atoms with Gasteiger partial charge in [-0.25, -0.2) is 13.1 Å². The predicted molar refractivity (Wildman–Crippen MR) is 81.5 cm³/mol. The summed E-state index contributed by atoms with van der Waals surface area (Å²) in [6.45, 7) is 2.91. The zero-order valence-electron chi connectivity index (χ0n) is 12.5. The predicted octanol–water partition coefficient (Wildman–Crippen LogP) is 0.972. The lowest BCUT2D eigenvalue weighted by atomic mass is 10.1. The van der Waals surface area contributed by atoms with E-state index in [-0.39, 0.29) is 6.04 Å². The lowest BCUT2D eigenvalue weighted by molar-refractivity contribution is 0.162. The SMILES string of the molecule is CS(=O)(=O)NCCC1CN(Cc2ccoc2)Cc2ccnn21. The smallest absolute Gasteiger partial charge is 0.208 e. The highest BCUT2D eigenvalue weighted by Gasteiger charge is 2.25. The van der Waals surface area contributed by atoms with E-state index in [0.29, 0.717) is 13.0 Å². The monoisotopic (exact) mass is 324 g/mol. The van der Waals surface area contributed by atoms with Crippen molar-refractivity contribution in [3.05, 3.63) is 42.1 Å². The third-order valence-electron chi connectivity index (χ3n) is 3.78. The Hall–Kier alpha value is -1.64. The van der Waals surface area contributed by atoms with E-state index in [1.807, 2.05) is 16.8 Å². The third-order valence-corrected chi connectivity index (χ3v) is 4.51. The largest absolute Gasteiger partial charge is 0.472 e. The van der Waals surface area contributed by atoms with E-state index in [9.17, 15) is 8.42 Å². The van der Waals surface area contributed by atoms with Gasteiger partial charge in [-0.15, -0.1) is 0 Å².